The van der Waals surface area contributed by atoms with E-state index in [0.29, 0.717) is 0 Å². The Morgan fingerprint density at radius 2 is 2.00 bits per heavy atom. The van der Waals surface area contributed by atoms with Crippen molar-refractivity contribution in [3.63, 3.8) is 0 Å². The highest BCUT2D eigenvalue weighted by atomic mass is 32.2. The van der Waals surface area contributed by atoms with Crippen LogP contribution in [0.2, 0.25) is 0 Å². The van der Waals surface area contributed by atoms with Crippen LogP contribution in [0.3, 0.4) is 0 Å². The number of rotatable bonds is 5. The van der Waals surface area contributed by atoms with Gasteiger partial charge in [-0.15, -0.1) is 0 Å². The van der Waals surface area contributed by atoms with Crippen LogP contribution >= 0.6 is 0 Å². The van der Waals surface area contributed by atoms with Crippen molar-refractivity contribution < 1.29 is 18.6 Å². The molecule has 0 heterocycles. The van der Waals surface area contributed by atoms with E-state index in [2.05, 4.69) is 4.72 Å². The summed E-state index contributed by atoms with van der Waals surface area (Å²) in [6, 6.07) is 6.00. The molecule has 7 heteroatoms. The van der Waals surface area contributed by atoms with Crippen LogP contribution < -0.4 is 10.5 Å². The van der Waals surface area contributed by atoms with Gasteiger partial charge in [-0.05, 0) is 12.1 Å². The molecule has 0 aliphatic carbocycles. The zero-order valence-electron chi connectivity index (χ0n) is 8.50. The third-order valence-corrected chi connectivity index (χ3v) is 3.43. The second-order valence-corrected chi connectivity index (χ2v) is 4.96. The van der Waals surface area contributed by atoms with E-state index in [1.165, 1.54) is 12.1 Å². The minimum absolute atomic E-state index is 0.0415. The van der Waals surface area contributed by atoms with Crippen LogP contribution in [0.4, 0.5) is 5.69 Å². The first-order valence-corrected chi connectivity index (χ1v) is 6.09. The van der Waals surface area contributed by atoms with Crippen molar-refractivity contribution in [1.29, 1.82) is 0 Å². The van der Waals surface area contributed by atoms with Crippen molar-refractivity contribution in [3.8, 4) is 0 Å². The summed E-state index contributed by atoms with van der Waals surface area (Å²) in [6.45, 7) is -0.764. The van der Waals surface area contributed by atoms with E-state index in [-0.39, 0.29) is 17.1 Å². The highest BCUT2D eigenvalue weighted by molar-refractivity contribution is 7.89. The van der Waals surface area contributed by atoms with Gasteiger partial charge >= 0.3 is 0 Å². The van der Waals surface area contributed by atoms with Gasteiger partial charge in [-0.1, -0.05) is 12.1 Å². The van der Waals surface area contributed by atoms with Crippen molar-refractivity contribution in [1.82, 2.24) is 4.72 Å². The molecular formula is C9H14N2O4S. The molecule has 0 radical (unpaired) electrons. The molecule has 0 aliphatic heterocycles. The average Bonchev–Trinajstić information content (AvgIpc) is 2.26. The quantitative estimate of drug-likeness (QED) is 0.493. The molecule has 1 rings (SSSR count). The highest BCUT2D eigenvalue weighted by Crippen LogP contribution is 2.16. The number of nitrogen functional groups attached to an aromatic ring is 1. The number of sulfonamides is 1. The minimum atomic E-state index is -3.74. The second-order valence-electron chi connectivity index (χ2n) is 3.23. The first-order chi connectivity index (χ1) is 7.47. The fourth-order valence-electron chi connectivity index (χ4n) is 1.07. The Balaban J connectivity index is 2.83. The zero-order valence-corrected chi connectivity index (χ0v) is 9.31. The fraction of sp³-hybridized carbons (Fsp3) is 0.333. The summed E-state index contributed by atoms with van der Waals surface area (Å²) < 4.78 is 25.5. The Morgan fingerprint density at radius 1 is 1.38 bits per heavy atom. The number of nitrogens with one attached hydrogen (secondary N) is 1. The van der Waals surface area contributed by atoms with Gasteiger partial charge in [0.25, 0.3) is 0 Å². The molecule has 1 atom stereocenters. The Hall–Kier alpha value is -1.15. The lowest BCUT2D eigenvalue weighted by molar-refractivity contribution is 0.0988. The lowest BCUT2D eigenvalue weighted by Gasteiger charge is -2.11. The van der Waals surface area contributed by atoms with Crippen LogP contribution in [0.5, 0.6) is 0 Å². The molecule has 0 fully saturated rings. The summed E-state index contributed by atoms with van der Waals surface area (Å²) in [5, 5.41) is 17.6. The first kappa shape index (κ1) is 12.9. The van der Waals surface area contributed by atoms with Crippen LogP contribution in [-0.4, -0.2) is 37.9 Å². The minimum Gasteiger partial charge on any atom is -0.398 e. The normalized spacial score (nSPS) is 13.6. The van der Waals surface area contributed by atoms with Crippen LogP contribution in [0.25, 0.3) is 0 Å². The van der Waals surface area contributed by atoms with E-state index in [1.807, 2.05) is 0 Å². The Bertz CT molecular complexity index is 447. The number of anilines is 1. The second kappa shape index (κ2) is 5.26. The number of aliphatic hydroxyl groups excluding tert-OH is 2. The van der Waals surface area contributed by atoms with E-state index >= 15 is 0 Å². The molecule has 16 heavy (non-hydrogen) atoms. The third kappa shape index (κ3) is 3.17. The van der Waals surface area contributed by atoms with Gasteiger partial charge in [0.1, 0.15) is 4.90 Å². The van der Waals surface area contributed by atoms with E-state index < -0.39 is 22.7 Å². The summed E-state index contributed by atoms with van der Waals surface area (Å²) in [4.78, 5) is -0.0415. The van der Waals surface area contributed by atoms with Crippen molar-refractivity contribution in [2.75, 3.05) is 18.9 Å². The molecule has 0 aliphatic rings. The van der Waals surface area contributed by atoms with Gasteiger partial charge in [0.2, 0.25) is 10.0 Å². The van der Waals surface area contributed by atoms with E-state index in [9.17, 15) is 8.42 Å². The summed E-state index contributed by atoms with van der Waals surface area (Å²) in [5.41, 5.74) is 5.65. The lowest BCUT2D eigenvalue weighted by atomic mass is 10.3. The number of hydrogen-bond acceptors (Lipinski definition) is 5. The summed E-state index contributed by atoms with van der Waals surface area (Å²) in [7, 11) is -3.74. The molecule has 1 aromatic rings. The van der Waals surface area contributed by atoms with Gasteiger partial charge in [0.05, 0.1) is 18.4 Å². The average molecular weight is 246 g/mol. The van der Waals surface area contributed by atoms with E-state index in [0.717, 1.165) is 0 Å². The molecule has 0 spiro atoms. The third-order valence-electron chi connectivity index (χ3n) is 1.93. The van der Waals surface area contributed by atoms with Gasteiger partial charge < -0.3 is 15.9 Å². The Kier molecular flexibility index (Phi) is 4.25. The lowest BCUT2D eigenvalue weighted by Crippen LogP contribution is -2.34. The molecule has 6 nitrogen and oxygen atoms in total. The van der Waals surface area contributed by atoms with Crippen LogP contribution in [0, 0.1) is 0 Å². The van der Waals surface area contributed by atoms with Crippen LogP contribution in [0.15, 0.2) is 29.2 Å². The molecule has 0 saturated carbocycles. The molecule has 0 aromatic heterocycles. The molecule has 0 amide bonds. The number of aliphatic hydroxyl groups is 2. The number of benzene rings is 1. The smallest absolute Gasteiger partial charge is 0.242 e. The van der Waals surface area contributed by atoms with Crippen molar-refractivity contribution >= 4 is 15.7 Å². The molecule has 0 bridgehead atoms. The molecule has 1 aromatic carbocycles. The Morgan fingerprint density at radius 3 is 2.56 bits per heavy atom. The number of nitrogens with two attached hydrogens (primary N) is 1. The maximum absolute atomic E-state index is 11.7. The van der Waals surface area contributed by atoms with Gasteiger partial charge in [-0.25, -0.2) is 13.1 Å². The van der Waals surface area contributed by atoms with Crippen molar-refractivity contribution in [2.45, 2.75) is 11.0 Å². The van der Waals surface area contributed by atoms with Gasteiger partial charge in [0, 0.05) is 6.54 Å². The van der Waals surface area contributed by atoms with Gasteiger partial charge in [-0.3, -0.25) is 0 Å². The van der Waals surface area contributed by atoms with Crippen LogP contribution in [-0.2, 0) is 10.0 Å². The number of para-hydroxylation sites is 1. The maximum Gasteiger partial charge on any atom is 0.242 e. The standard InChI is InChI=1S/C9H14N2O4S/c10-8-3-1-2-4-9(8)16(14,15)11-5-7(13)6-12/h1-4,7,11-13H,5-6,10H2. The monoisotopic (exact) mass is 246 g/mol. The predicted molar refractivity (Wildman–Crippen MR) is 59.1 cm³/mol. The molecule has 90 valence electrons. The summed E-state index contributed by atoms with van der Waals surface area (Å²) in [6.07, 6.45) is -1.13. The predicted octanol–water partition coefficient (Wildman–Crippen LogP) is -1.10. The first-order valence-electron chi connectivity index (χ1n) is 4.60. The van der Waals surface area contributed by atoms with Gasteiger partial charge in [-0.2, -0.15) is 0 Å². The van der Waals surface area contributed by atoms with Crippen molar-refractivity contribution in [3.05, 3.63) is 24.3 Å². The topological polar surface area (TPSA) is 113 Å². The number of hydrogen-bond donors (Lipinski definition) is 4. The van der Waals surface area contributed by atoms with Gasteiger partial charge in [0.15, 0.2) is 0 Å². The molecule has 0 saturated heterocycles. The summed E-state index contributed by atoms with van der Waals surface area (Å²) in [5.74, 6) is 0. The van der Waals surface area contributed by atoms with Crippen LogP contribution in [0.1, 0.15) is 0 Å². The molecule has 1 unspecified atom stereocenters. The zero-order chi connectivity index (χ0) is 12.2. The Labute approximate surface area is 93.8 Å². The van der Waals surface area contributed by atoms with Crippen molar-refractivity contribution in [2.24, 2.45) is 0 Å². The summed E-state index contributed by atoms with van der Waals surface area (Å²) >= 11 is 0. The molecular weight excluding hydrogens is 232 g/mol. The molecule has 5 N–H and O–H groups in total. The highest BCUT2D eigenvalue weighted by Gasteiger charge is 2.17. The van der Waals surface area contributed by atoms with E-state index in [4.69, 9.17) is 15.9 Å². The largest absolute Gasteiger partial charge is 0.398 e. The van der Waals surface area contributed by atoms with E-state index in [1.54, 1.807) is 12.1 Å². The fourth-order valence-corrected chi connectivity index (χ4v) is 2.28. The SMILES string of the molecule is Nc1ccccc1S(=O)(=O)NCC(O)CO. The maximum atomic E-state index is 11.7.